The van der Waals surface area contributed by atoms with Crippen LogP contribution in [-0.2, 0) is 27.1 Å². The highest BCUT2D eigenvalue weighted by Gasteiger charge is 2.13. The molecule has 1 N–H and O–H groups in total. The summed E-state index contributed by atoms with van der Waals surface area (Å²) in [5, 5.41) is 18.3. The van der Waals surface area contributed by atoms with Crippen molar-refractivity contribution in [2.75, 3.05) is 6.61 Å². The molecule has 0 aliphatic carbocycles. The van der Waals surface area contributed by atoms with E-state index in [2.05, 4.69) is 10.2 Å². The van der Waals surface area contributed by atoms with Gasteiger partial charge >= 0.3 is 5.69 Å². The van der Waals surface area contributed by atoms with Gasteiger partial charge in [0.2, 0.25) is 0 Å². The molecule has 2 aromatic carbocycles. The minimum absolute atomic E-state index is 0.0174. The number of ether oxygens (including phenoxy) is 1. The fraction of sp³-hybridized carbons (Fsp3) is 0.238. The molecule has 0 aliphatic rings. The van der Waals surface area contributed by atoms with Crippen molar-refractivity contribution in [2.24, 2.45) is 14.1 Å². The average Bonchev–Trinajstić information content (AvgIpc) is 3.19. The van der Waals surface area contributed by atoms with Crippen molar-refractivity contribution in [1.29, 1.82) is 0 Å². The summed E-state index contributed by atoms with van der Waals surface area (Å²) in [6, 6.07) is 14.4. The van der Waals surface area contributed by atoms with Gasteiger partial charge in [-0.3, -0.25) is 13.9 Å². The van der Waals surface area contributed by atoms with Crippen molar-refractivity contribution >= 4 is 11.0 Å². The van der Waals surface area contributed by atoms with Crippen LogP contribution < -0.4 is 16.0 Å². The number of fused-ring (bicyclic) bond motifs is 1. The van der Waals surface area contributed by atoms with Crippen LogP contribution in [0.4, 0.5) is 0 Å². The van der Waals surface area contributed by atoms with Crippen LogP contribution in [0, 0.1) is 0 Å². The highest BCUT2D eigenvalue weighted by atomic mass is 16.5. The molecule has 30 heavy (non-hydrogen) atoms. The van der Waals surface area contributed by atoms with Crippen molar-refractivity contribution in [3.8, 4) is 11.4 Å². The molecule has 9 nitrogen and oxygen atoms in total. The van der Waals surface area contributed by atoms with Crippen molar-refractivity contribution in [3.63, 3.8) is 0 Å². The molecule has 0 unspecified atom stereocenters. The third kappa shape index (κ3) is 3.62. The van der Waals surface area contributed by atoms with Gasteiger partial charge in [0.1, 0.15) is 29.1 Å². The van der Waals surface area contributed by atoms with Gasteiger partial charge in [0.05, 0.1) is 5.69 Å². The number of aliphatic hydroxyl groups excluding tert-OH is 1. The van der Waals surface area contributed by atoms with Crippen molar-refractivity contribution in [1.82, 2.24) is 24.1 Å². The van der Waals surface area contributed by atoms with E-state index >= 15 is 0 Å². The van der Waals surface area contributed by atoms with Crippen LogP contribution in [0.3, 0.4) is 0 Å². The molecule has 0 aliphatic heterocycles. The van der Waals surface area contributed by atoms with E-state index in [1.165, 1.54) is 22.5 Å². The van der Waals surface area contributed by atoms with E-state index < -0.39 is 11.2 Å². The molecule has 0 saturated heterocycles. The van der Waals surface area contributed by atoms with E-state index in [9.17, 15) is 14.7 Å². The first-order valence-corrected chi connectivity index (χ1v) is 9.43. The molecule has 0 atom stereocenters. The minimum atomic E-state index is -0.417. The number of nitrogens with zero attached hydrogens (tertiary/aromatic N) is 5. The van der Waals surface area contributed by atoms with Crippen LogP contribution in [0.15, 0.2) is 58.1 Å². The highest BCUT2D eigenvalue weighted by molar-refractivity contribution is 5.73. The first kappa shape index (κ1) is 19.6. The smallest absolute Gasteiger partial charge is 0.330 e. The summed E-state index contributed by atoms with van der Waals surface area (Å²) in [5.74, 6) is 0.491. The Labute approximate surface area is 171 Å². The fourth-order valence-corrected chi connectivity index (χ4v) is 3.16. The molecule has 2 heterocycles. The SMILES string of the molecule is Cn1c(COc2ccc(CCO)cc2-n2nc3ccccc3n2)cc(=O)n(C)c1=O. The van der Waals surface area contributed by atoms with Crippen LogP contribution in [0.25, 0.3) is 16.7 Å². The van der Waals surface area contributed by atoms with Crippen molar-refractivity contribution < 1.29 is 9.84 Å². The largest absolute Gasteiger partial charge is 0.485 e. The Balaban J connectivity index is 1.73. The monoisotopic (exact) mass is 407 g/mol. The molecule has 2 aromatic heterocycles. The fourth-order valence-electron chi connectivity index (χ4n) is 3.16. The first-order chi connectivity index (χ1) is 14.5. The van der Waals surface area contributed by atoms with Gasteiger partial charge in [0.15, 0.2) is 0 Å². The number of benzene rings is 2. The number of aromatic nitrogens is 5. The highest BCUT2D eigenvalue weighted by Crippen LogP contribution is 2.25. The number of hydrogen-bond acceptors (Lipinski definition) is 6. The van der Waals surface area contributed by atoms with E-state index in [0.29, 0.717) is 23.6 Å². The van der Waals surface area contributed by atoms with Crippen LogP contribution in [0.1, 0.15) is 11.3 Å². The van der Waals surface area contributed by atoms with E-state index in [1.807, 2.05) is 36.4 Å². The van der Waals surface area contributed by atoms with Gasteiger partial charge in [-0.15, -0.1) is 15.0 Å². The molecule has 0 radical (unpaired) electrons. The van der Waals surface area contributed by atoms with Crippen LogP contribution in [0.2, 0.25) is 0 Å². The number of aliphatic hydroxyl groups is 1. The van der Waals surface area contributed by atoms with Crippen LogP contribution >= 0.6 is 0 Å². The molecule has 0 spiro atoms. The Bertz CT molecular complexity index is 1300. The van der Waals surface area contributed by atoms with E-state index in [1.54, 1.807) is 13.1 Å². The number of hydrogen-bond donors (Lipinski definition) is 1. The average molecular weight is 407 g/mol. The second-order valence-electron chi connectivity index (χ2n) is 6.92. The Hall–Kier alpha value is -3.72. The van der Waals surface area contributed by atoms with E-state index in [4.69, 9.17) is 4.74 Å². The predicted octanol–water partition coefficient (Wildman–Crippen LogP) is 0.932. The Kier molecular flexibility index (Phi) is 5.20. The quantitative estimate of drug-likeness (QED) is 0.510. The second-order valence-corrected chi connectivity index (χ2v) is 6.92. The van der Waals surface area contributed by atoms with Gasteiger partial charge in [-0.1, -0.05) is 18.2 Å². The molecule has 9 heteroatoms. The van der Waals surface area contributed by atoms with Gasteiger partial charge in [0, 0.05) is 26.8 Å². The Morgan fingerprint density at radius 1 is 0.967 bits per heavy atom. The Morgan fingerprint density at radius 2 is 1.67 bits per heavy atom. The first-order valence-electron chi connectivity index (χ1n) is 9.43. The maximum atomic E-state index is 12.1. The molecule has 4 aromatic rings. The zero-order valence-electron chi connectivity index (χ0n) is 16.6. The molecule has 4 rings (SSSR count). The maximum absolute atomic E-state index is 12.1. The summed E-state index contributed by atoms with van der Waals surface area (Å²) < 4.78 is 8.38. The number of rotatable bonds is 6. The lowest BCUT2D eigenvalue weighted by Crippen LogP contribution is -2.38. The predicted molar refractivity (Wildman–Crippen MR) is 111 cm³/mol. The van der Waals surface area contributed by atoms with Gasteiger partial charge < -0.3 is 9.84 Å². The van der Waals surface area contributed by atoms with Gasteiger partial charge in [0.25, 0.3) is 5.56 Å². The third-order valence-corrected chi connectivity index (χ3v) is 4.93. The van der Waals surface area contributed by atoms with E-state index in [-0.39, 0.29) is 13.2 Å². The lowest BCUT2D eigenvalue weighted by Gasteiger charge is -2.14. The summed E-state index contributed by atoms with van der Waals surface area (Å²) in [6.07, 6.45) is 0.483. The molecule has 0 amide bonds. The second kappa shape index (κ2) is 7.96. The summed E-state index contributed by atoms with van der Waals surface area (Å²) in [7, 11) is 3.02. The lowest BCUT2D eigenvalue weighted by atomic mass is 10.1. The molecule has 154 valence electrons. The lowest BCUT2D eigenvalue weighted by molar-refractivity contribution is 0.290. The zero-order valence-corrected chi connectivity index (χ0v) is 16.6. The molecule has 0 bridgehead atoms. The van der Waals surface area contributed by atoms with Gasteiger partial charge in [-0.25, -0.2) is 4.79 Å². The summed E-state index contributed by atoms with van der Waals surface area (Å²) in [5.41, 5.74) is 2.63. The van der Waals surface area contributed by atoms with Gasteiger partial charge in [-0.05, 0) is 36.2 Å². The molecular formula is C21H21N5O4. The van der Waals surface area contributed by atoms with Crippen molar-refractivity contribution in [3.05, 3.63) is 80.6 Å². The standard InChI is InChI=1S/C21H21N5O4/c1-24-15(12-20(28)25(2)21(24)29)13-30-19-8-7-14(9-10-27)11-18(19)26-22-16-5-3-4-6-17(16)23-26/h3-8,11-12,27H,9-10,13H2,1-2H3. The Morgan fingerprint density at radius 3 is 2.33 bits per heavy atom. The van der Waals surface area contributed by atoms with E-state index in [0.717, 1.165) is 21.2 Å². The zero-order chi connectivity index (χ0) is 21.3. The normalized spacial score (nSPS) is 11.2. The molecule has 0 saturated carbocycles. The van der Waals surface area contributed by atoms with Crippen LogP contribution in [0.5, 0.6) is 5.75 Å². The van der Waals surface area contributed by atoms with Crippen LogP contribution in [-0.4, -0.2) is 35.8 Å². The maximum Gasteiger partial charge on any atom is 0.330 e. The summed E-state index contributed by atoms with van der Waals surface area (Å²) in [6.45, 7) is 0.0402. The summed E-state index contributed by atoms with van der Waals surface area (Å²) in [4.78, 5) is 25.6. The third-order valence-electron chi connectivity index (χ3n) is 4.93. The van der Waals surface area contributed by atoms with Crippen molar-refractivity contribution in [2.45, 2.75) is 13.0 Å². The summed E-state index contributed by atoms with van der Waals surface area (Å²) >= 11 is 0. The topological polar surface area (TPSA) is 104 Å². The molecule has 0 fully saturated rings. The molecular weight excluding hydrogens is 386 g/mol. The minimum Gasteiger partial charge on any atom is -0.485 e. The van der Waals surface area contributed by atoms with Gasteiger partial charge in [-0.2, -0.15) is 0 Å².